The minimum Gasteiger partial charge on any atom is -0.481 e. The van der Waals surface area contributed by atoms with Gasteiger partial charge in [0.2, 0.25) is 0 Å². The lowest BCUT2D eigenvalue weighted by Crippen LogP contribution is -2.57. The summed E-state index contributed by atoms with van der Waals surface area (Å²) in [7, 11) is 0. The normalized spacial score (nSPS) is 48.2. The lowest BCUT2D eigenvalue weighted by Gasteiger charge is -2.54. The van der Waals surface area contributed by atoms with Crippen LogP contribution in [0, 0.1) is 35.0 Å². The number of carboxylic acids is 1. The lowest BCUT2D eigenvalue weighted by atomic mass is 9.50. The lowest BCUT2D eigenvalue weighted by molar-refractivity contribution is -0.157. The Hall–Kier alpha value is -1.10. The molecule has 3 rings (SSSR count). The van der Waals surface area contributed by atoms with Gasteiger partial charge in [0, 0.05) is 12.0 Å². The van der Waals surface area contributed by atoms with Crippen molar-refractivity contribution in [3.8, 4) is 0 Å². The van der Waals surface area contributed by atoms with Crippen molar-refractivity contribution < 1.29 is 19.4 Å². The van der Waals surface area contributed by atoms with Gasteiger partial charge in [-0.25, -0.2) is 0 Å². The van der Waals surface area contributed by atoms with Gasteiger partial charge in [0.25, 0.3) is 0 Å². The van der Waals surface area contributed by atoms with Crippen LogP contribution in [0.1, 0.15) is 40.0 Å². The Bertz CT molecular complexity index is 475. The number of carbonyl (C=O) groups excluding carboxylic acids is 1. The van der Waals surface area contributed by atoms with Crippen molar-refractivity contribution in [2.75, 3.05) is 0 Å². The minimum atomic E-state index is -0.781. The quantitative estimate of drug-likeness (QED) is 0.718. The van der Waals surface area contributed by atoms with Crippen molar-refractivity contribution in [3.63, 3.8) is 0 Å². The van der Waals surface area contributed by atoms with Gasteiger partial charge in [-0.2, -0.15) is 0 Å². The highest BCUT2D eigenvalue weighted by atomic mass is 16.6. The zero-order valence-corrected chi connectivity index (χ0v) is 12.9. The molecular weight excluding hydrogens is 270 g/mol. The summed E-state index contributed by atoms with van der Waals surface area (Å²) in [6.07, 6.45) is 2.14. The predicted octanol–water partition coefficient (Wildman–Crippen LogP) is 1.65. The summed E-state index contributed by atoms with van der Waals surface area (Å²) < 4.78 is 5.36. The van der Waals surface area contributed by atoms with Crippen LogP contribution >= 0.6 is 0 Å². The minimum absolute atomic E-state index is 0.0691. The first-order valence-electron chi connectivity index (χ1n) is 7.94. The van der Waals surface area contributed by atoms with Crippen LogP contribution in [0.4, 0.5) is 0 Å². The van der Waals surface area contributed by atoms with Crippen molar-refractivity contribution in [1.82, 2.24) is 0 Å². The van der Waals surface area contributed by atoms with Crippen molar-refractivity contribution in [2.45, 2.75) is 52.2 Å². The molecule has 2 saturated carbocycles. The van der Waals surface area contributed by atoms with E-state index in [-0.39, 0.29) is 47.2 Å². The smallest absolute Gasteiger partial charge is 0.309 e. The number of carboxylic acid groups (broad SMARTS) is 1. The summed E-state index contributed by atoms with van der Waals surface area (Å²) in [4.78, 5) is 24.0. The molecule has 1 heterocycles. The second-order valence-electron chi connectivity index (χ2n) is 7.70. The number of esters is 1. The average Bonchev–Trinajstić information content (AvgIpc) is 2.68. The number of nitrogens with two attached hydrogens (primary N) is 1. The average molecular weight is 295 g/mol. The fraction of sp³-hybridized carbons (Fsp3) is 0.875. The Morgan fingerprint density at radius 3 is 2.67 bits per heavy atom. The van der Waals surface area contributed by atoms with Gasteiger partial charge in [-0.1, -0.05) is 13.8 Å². The summed E-state index contributed by atoms with van der Waals surface area (Å²) >= 11 is 0. The molecule has 1 saturated heterocycles. The molecule has 1 aliphatic heterocycles. The van der Waals surface area contributed by atoms with E-state index in [0.717, 1.165) is 19.3 Å². The van der Waals surface area contributed by atoms with Gasteiger partial charge in [-0.15, -0.1) is 0 Å². The van der Waals surface area contributed by atoms with E-state index in [9.17, 15) is 14.7 Å². The van der Waals surface area contributed by atoms with E-state index in [1.54, 1.807) is 0 Å². The van der Waals surface area contributed by atoms with Gasteiger partial charge in [0.05, 0.1) is 11.8 Å². The standard InChI is InChI=1S/C16H25NO4/c1-7-12-9(15(20)21-7)6-10-8(13(12)14(18)19)4-5-11(17)16(10,2)3/h7-13H,4-6,17H2,1-3H3,(H,18,19)/t7-,8?,9-,10+,11?,12-,13+/m1/s1. The third-order valence-electron chi connectivity index (χ3n) is 6.52. The zero-order chi connectivity index (χ0) is 15.5. The summed E-state index contributed by atoms with van der Waals surface area (Å²) in [5, 5.41) is 9.77. The van der Waals surface area contributed by atoms with Crippen LogP contribution in [-0.4, -0.2) is 29.2 Å². The molecule has 0 amide bonds. The van der Waals surface area contributed by atoms with Gasteiger partial charge in [-0.3, -0.25) is 9.59 Å². The molecule has 5 heteroatoms. The molecule has 0 aromatic heterocycles. The summed E-state index contributed by atoms with van der Waals surface area (Å²) in [6.45, 7) is 6.08. The largest absolute Gasteiger partial charge is 0.481 e. The molecule has 5 nitrogen and oxygen atoms in total. The van der Waals surface area contributed by atoms with Crippen LogP contribution in [0.2, 0.25) is 0 Å². The molecule has 3 N–H and O–H groups in total. The van der Waals surface area contributed by atoms with Crippen molar-refractivity contribution in [2.24, 2.45) is 40.7 Å². The van der Waals surface area contributed by atoms with E-state index < -0.39 is 11.9 Å². The molecule has 0 aromatic rings. The molecule has 3 aliphatic rings. The highest BCUT2D eigenvalue weighted by Crippen LogP contribution is 2.57. The number of hydrogen-bond donors (Lipinski definition) is 2. The first-order chi connectivity index (χ1) is 9.75. The van der Waals surface area contributed by atoms with Crippen LogP contribution in [0.15, 0.2) is 0 Å². The van der Waals surface area contributed by atoms with Crippen LogP contribution in [-0.2, 0) is 14.3 Å². The molecule has 2 unspecified atom stereocenters. The zero-order valence-electron chi connectivity index (χ0n) is 12.9. The van der Waals surface area contributed by atoms with Crippen molar-refractivity contribution in [1.29, 1.82) is 0 Å². The SMILES string of the molecule is C[C@H]1OC(=O)[C@@H]2C[C@H]3C(CCC(N)C3(C)C)[C@H](C(=O)O)[C@H]12. The Morgan fingerprint density at radius 1 is 1.38 bits per heavy atom. The fourth-order valence-electron chi connectivity index (χ4n) is 5.22. The van der Waals surface area contributed by atoms with E-state index in [4.69, 9.17) is 10.5 Å². The first kappa shape index (κ1) is 14.8. The molecule has 0 radical (unpaired) electrons. The molecule has 0 spiro atoms. The number of fused-ring (bicyclic) bond motifs is 2. The van der Waals surface area contributed by atoms with E-state index in [1.165, 1.54) is 0 Å². The van der Waals surface area contributed by atoms with Crippen LogP contribution in [0.3, 0.4) is 0 Å². The van der Waals surface area contributed by atoms with Gasteiger partial charge in [-0.05, 0) is 43.4 Å². The molecule has 0 aromatic carbocycles. The van der Waals surface area contributed by atoms with Gasteiger partial charge >= 0.3 is 11.9 Å². The Morgan fingerprint density at radius 2 is 2.05 bits per heavy atom. The number of cyclic esters (lactones) is 1. The van der Waals surface area contributed by atoms with E-state index >= 15 is 0 Å². The number of aliphatic carboxylic acids is 1. The Kier molecular flexibility index (Phi) is 3.32. The summed E-state index contributed by atoms with van der Waals surface area (Å²) in [5.41, 5.74) is 6.15. The molecule has 21 heavy (non-hydrogen) atoms. The second kappa shape index (κ2) is 4.70. The Labute approximate surface area is 125 Å². The highest BCUT2D eigenvalue weighted by Gasteiger charge is 2.60. The first-order valence-corrected chi connectivity index (χ1v) is 7.94. The Balaban J connectivity index is 2.01. The number of carbonyl (C=O) groups is 2. The van der Waals surface area contributed by atoms with Gasteiger partial charge in [0.15, 0.2) is 0 Å². The molecular formula is C16H25NO4. The third-order valence-corrected chi connectivity index (χ3v) is 6.52. The molecule has 0 bridgehead atoms. The van der Waals surface area contributed by atoms with Crippen molar-refractivity contribution in [3.05, 3.63) is 0 Å². The van der Waals surface area contributed by atoms with E-state index in [0.29, 0.717) is 0 Å². The third kappa shape index (κ3) is 2.00. The number of hydrogen-bond acceptors (Lipinski definition) is 4. The fourth-order valence-corrected chi connectivity index (χ4v) is 5.22. The molecule has 7 atom stereocenters. The van der Waals surface area contributed by atoms with Crippen molar-refractivity contribution >= 4 is 11.9 Å². The maximum absolute atomic E-state index is 12.1. The van der Waals surface area contributed by atoms with Gasteiger partial charge < -0.3 is 15.6 Å². The number of rotatable bonds is 1. The molecule has 118 valence electrons. The maximum atomic E-state index is 12.1. The van der Waals surface area contributed by atoms with Gasteiger partial charge in [0.1, 0.15) is 6.10 Å². The highest BCUT2D eigenvalue weighted by molar-refractivity contribution is 5.79. The van der Waals surface area contributed by atoms with Crippen LogP contribution < -0.4 is 5.73 Å². The maximum Gasteiger partial charge on any atom is 0.309 e. The van der Waals surface area contributed by atoms with E-state index in [2.05, 4.69) is 13.8 Å². The predicted molar refractivity (Wildman–Crippen MR) is 76.2 cm³/mol. The second-order valence-corrected chi connectivity index (χ2v) is 7.70. The number of ether oxygens (including phenoxy) is 1. The molecule has 2 aliphatic carbocycles. The van der Waals surface area contributed by atoms with Crippen LogP contribution in [0.5, 0.6) is 0 Å². The summed E-state index contributed by atoms with van der Waals surface area (Å²) in [5.74, 6) is -1.64. The molecule has 3 fully saturated rings. The van der Waals surface area contributed by atoms with Crippen LogP contribution in [0.25, 0.3) is 0 Å². The topological polar surface area (TPSA) is 89.6 Å². The summed E-state index contributed by atoms with van der Waals surface area (Å²) in [6, 6.07) is 0.0691. The monoisotopic (exact) mass is 295 g/mol. The van der Waals surface area contributed by atoms with E-state index in [1.807, 2.05) is 6.92 Å².